The molecule has 0 saturated carbocycles. The summed E-state index contributed by atoms with van der Waals surface area (Å²) in [6.45, 7) is 4.78. The van der Waals surface area contributed by atoms with E-state index in [0.29, 0.717) is 13.0 Å². The summed E-state index contributed by atoms with van der Waals surface area (Å²) in [6, 6.07) is 8.46. The second kappa shape index (κ2) is 7.88. The van der Waals surface area contributed by atoms with Gasteiger partial charge in [-0.25, -0.2) is 0 Å². The standard InChI is InChI=1S/C15H24N2O/c1-12-6-3-4-8-14(12)10-11-17-15(18)9-5-7-13(2)16/h3-4,6,8,13H,5,7,9-11,16H2,1-2H3,(H,17,18). The Bertz CT molecular complexity index is 375. The van der Waals surface area contributed by atoms with Crippen molar-refractivity contribution in [1.82, 2.24) is 5.32 Å². The molecule has 0 heterocycles. The van der Waals surface area contributed by atoms with Crippen LogP contribution < -0.4 is 11.1 Å². The topological polar surface area (TPSA) is 55.1 Å². The normalized spacial score (nSPS) is 12.2. The molecule has 0 aliphatic rings. The summed E-state index contributed by atoms with van der Waals surface area (Å²) in [5, 5.41) is 2.95. The van der Waals surface area contributed by atoms with E-state index >= 15 is 0 Å². The van der Waals surface area contributed by atoms with E-state index in [9.17, 15) is 4.79 Å². The number of hydrogen-bond acceptors (Lipinski definition) is 2. The van der Waals surface area contributed by atoms with Gasteiger partial charge in [-0.1, -0.05) is 24.3 Å². The van der Waals surface area contributed by atoms with Crippen LogP contribution in [-0.4, -0.2) is 18.5 Å². The van der Waals surface area contributed by atoms with E-state index in [0.717, 1.165) is 19.3 Å². The number of benzene rings is 1. The molecule has 1 amide bonds. The molecule has 1 aromatic carbocycles. The average molecular weight is 248 g/mol. The number of nitrogens with one attached hydrogen (secondary N) is 1. The van der Waals surface area contributed by atoms with Gasteiger partial charge in [0.05, 0.1) is 0 Å². The van der Waals surface area contributed by atoms with Crippen LogP contribution in [0, 0.1) is 6.92 Å². The molecule has 100 valence electrons. The van der Waals surface area contributed by atoms with Gasteiger partial charge in [-0.3, -0.25) is 4.79 Å². The van der Waals surface area contributed by atoms with E-state index in [4.69, 9.17) is 5.73 Å². The first-order chi connectivity index (χ1) is 8.59. The molecule has 3 N–H and O–H groups in total. The number of amides is 1. The summed E-state index contributed by atoms with van der Waals surface area (Å²) >= 11 is 0. The van der Waals surface area contributed by atoms with Crippen molar-refractivity contribution >= 4 is 5.91 Å². The Kier molecular flexibility index (Phi) is 6.44. The van der Waals surface area contributed by atoms with Gasteiger partial charge in [0.2, 0.25) is 5.91 Å². The van der Waals surface area contributed by atoms with E-state index in [1.165, 1.54) is 11.1 Å². The van der Waals surface area contributed by atoms with Gasteiger partial charge in [-0.05, 0) is 44.2 Å². The number of aryl methyl sites for hydroxylation is 1. The highest BCUT2D eigenvalue weighted by molar-refractivity contribution is 5.75. The van der Waals surface area contributed by atoms with Crippen molar-refractivity contribution < 1.29 is 4.79 Å². The molecular weight excluding hydrogens is 224 g/mol. The smallest absolute Gasteiger partial charge is 0.220 e. The molecule has 0 fully saturated rings. The fourth-order valence-electron chi connectivity index (χ4n) is 1.90. The molecule has 1 aromatic rings. The van der Waals surface area contributed by atoms with Gasteiger partial charge in [0, 0.05) is 19.0 Å². The third-order valence-electron chi connectivity index (χ3n) is 3.04. The van der Waals surface area contributed by atoms with Gasteiger partial charge < -0.3 is 11.1 Å². The molecule has 18 heavy (non-hydrogen) atoms. The van der Waals surface area contributed by atoms with Crippen LogP contribution in [-0.2, 0) is 11.2 Å². The van der Waals surface area contributed by atoms with Gasteiger partial charge >= 0.3 is 0 Å². The van der Waals surface area contributed by atoms with E-state index in [2.05, 4.69) is 24.4 Å². The van der Waals surface area contributed by atoms with Gasteiger partial charge in [0.25, 0.3) is 0 Å². The maximum absolute atomic E-state index is 11.5. The van der Waals surface area contributed by atoms with Crippen LogP contribution in [0.1, 0.15) is 37.3 Å². The minimum Gasteiger partial charge on any atom is -0.356 e. The molecule has 0 aliphatic heterocycles. The van der Waals surface area contributed by atoms with Crippen LogP contribution >= 0.6 is 0 Å². The molecule has 0 bridgehead atoms. The first-order valence-corrected chi connectivity index (χ1v) is 6.66. The molecule has 1 unspecified atom stereocenters. The van der Waals surface area contributed by atoms with Gasteiger partial charge in [-0.15, -0.1) is 0 Å². The molecule has 0 spiro atoms. The van der Waals surface area contributed by atoms with Crippen LogP contribution in [0.4, 0.5) is 0 Å². The molecule has 3 heteroatoms. The first-order valence-electron chi connectivity index (χ1n) is 6.66. The lowest BCUT2D eigenvalue weighted by Gasteiger charge is -2.08. The number of carbonyl (C=O) groups is 1. The monoisotopic (exact) mass is 248 g/mol. The van der Waals surface area contributed by atoms with Crippen molar-refractivity contribution in [2.45, 2.75) is 45.6 Å². The lowest BCUT2D eigenvalue weighted by Crippen LogP contribution is -2.26. The Morgan fingerprint density at radius 2 is 2.11 bits per heavy atom. The zero-order chi connectivity index (χ0) is 13.4. The summed E-state index contributed by atoms with van der Waals surface area (Å²) < 4.78 is 0. The second-order valence-corrected chi connectivity index (χ2v) is 4.90. The predicted molar refractivity (Wildman–Crippen MR) is 75.4 cm³/mol. The van der Waals surface area contributed by atoms with Gasteiger partial charge in [-0.2, -0.15) is 0 Å². The summed E-state index contributed by atoms with van der Waals surface area (Å²) in [7, 11) is 0. The summed E-state index contributed by atoms with van der Waals surface area (Å²) in [6.07, 6.45) is 3.25. The van der Waals surface area contributed by atoms with Crippen LogP contribution in [0.2, 0.25) is 0 Å². The number of nitrogens with two attached hydrogens (primary N) is 1. The molecule has 0 saturated heterocycles. The highest BCUT2D eigenvalue weighted by Crippen LogP contribution is 2.07. The zero-order valence-electron chi connectivity index (χ0n) is 11.4. The Labute approximate surface area is 110 Å². The largest absolute Gasteiger partial charge is 0.356 e. The Balaban J connectivity index is 2.18. The highest BCUT2D eigenvalue weighted by atomic mass is 16.1. The fourth-order valence-corrected chi connectivity index (χ4v) is 1.90. The number of hydrogen-bond donors (Lipinski definition) is 2. The Morgan fingerprint density at radius 1 is 1.39 bits per heavy atom. The minimum atomic E-state index is 0.129. The molecule has 0 aliphatic carbocycles. The molecule has 0 aromatic heterocycles. The van der Waals surface area contributed by atoms with Gasteiger partial charge in [0.15, 0.2) is 0 Å². The number of carbonyl (C=O) groups excluding carboxylic acids is 1. The van der Waals surface area contributed by atoms with E-state index < -0.39 is 0 Å². The third-order valence-corrected chi connectivity index (χ3v) is 3.04. The molecule has 1 atom stereocenters. The summed E-state index contributed by atoms with van der Waals surface area (Å²) in [5.41, 5.74) is 8.22. The third kappa shape index (κ3) is 5.82. The van der Waals surface area contributed by atoms with Crippen molar-refractivity contribution in [1.29, 1.82) is 0 Å². The molecular formula is C15H24N2O. The lowest BCUT2D eigenvalue weighted by atomic mass is 10.1. The van der Waals surface area contributed by atoms with Crippen LogP contribution in [0.3, 0.4) is 0 Å². The van der Waals surface area contributed by atoms with E-state index in [1.807, 2.05) is 19.1 Å². The summed E-state index contributed by atoms with van der Waals surface area (Å²) in [5.74, 6) is 0.129. The first kappa shape index (κ1) is 14.7. The minimum absolute atomic E-state index is 0.129. The summed E-state index contributed by atoms with van der Waals surface area (Å²) in [4.78, 5) is 11.5. The molecule has 0 radical (unpaired) electrons. The zero-order valence-corrected chi connectivity index (χ0v) is 11.4. The highest BCUT2D eigenvalue weighted by Gasteiger charge is 2.03. The maximum atomic E-state index is 11.5. The predicted octanol–water partition coefficient (Wildman–Crippen LogP) is 2.17. The van der Waals surface area contributed by atoms with E-state index in [-0.39, 0.29) is 11.9 Å². The molecule has 3 nitrogen and oxygen atoms in total. The quantitative estimate of drug-likeness (QED) is 0.777. The van der Waals surface area contributed by atoms with Crippen molar-refractivity contribution in [2.75, 3.05) is 6.54 Å². The Morgan fingerprint density at radius 3 is 2.78 bits per heavy atom. The fraction of sp³-hybridized carbons (Fsp3) is 0.533. The Hall–Kier alpha value is -1.35. The lowest BCUT2D eigenvalue weighted by molar-refractivity contribution is -0.121. The maximum Gasteiger partial charge on any atom is 0.220 e. The van der Waals surface area contributed by atoms with Crippen molar-refractivity contribution in [2.24, 2.45) is 5.73 Å². The second-order valence-electron chi connectivity index (χ2n) is 4.90. The van der Waals surface area contributed by atoms with Crippen molar-refractivity contribution in [3.8, 4) is 0 Å². The number of rotatable bonds is 7. The average Bonchev–Trinajstić information content (AvgIpc) is 2.31. The van der Waals surface area contributed by atoms with Crippen molar-refractivity contribution in [3.63, 3.8) is 0 Å². The van der Waals surface area contributed by atoms with Gasteiger partial charge in [0.1, 0.15) is 0 Å². The van der Waals surface area contributed by atoms with Crippen LogP contribution in [0.15, 0.2) is 24.3 Å². The van der Waals surface area contributed by atoms with Crippen LogP contribution in [0.25, 0.3) is 0 Å². The van der Waals surface area contributed by atoms with Crippen LogP contribution in [0.5, 0.6) is 0 Å². The SMILES string of the molecule is Cc1ccccc1CCNC(=O)CCCC(C)N. The van der Waals surface area contributed by atoms with E-state index in [1.54, 1.807) is 0 Å². The molecule has 1 rings (SSSR count). The van der Waals surface area contributed by atoms with Crippen molar-refractivity contribution in [3.05, 3.63) is 35.4 Å².